The Labute approximate surface area is 119 Å². The molecule has 1 aromatic carbocycles. The van der Waals surface area contributed by atoms with E-state index in [9.17, 15) is 0 Å². The maximum absolute atomic E-state index is 5.60. The topological polar surface area (TPSA) is 74.2 Å². The van der Waals surface area contributed by atoms with Crippen LogP contribution in [0.15, 0.2) is 34.9 Å². The number of benzene rings is 1. The summed E-state index contributed by atoms with van der Waals surface area (Å²) in [5.74, 6) is 1.66. The molecule has 5 heteroatoms. The molecule has 0 radical (unpaired) electrons. The van der Waals surface area contributed by atoms with Crippen molar-refractivity contribution >= 4 is 0 Å². The van der Waals surface area contributed by atoms with Crippen LogP contribution in [0.25, 0.3) is 0 Å². The smallest absolute Gasteiger partial charge is 0.226 e. The van der Waals surface area contributed by atoms with Gasteiger partial charge in [0.15, 0.2) is 0 Å². The fourth-order valence-corrected chi connectivity index (χ4v) is 1.98. The summed E-state index contributed by atoms with van der Waals surface area (Å²) in [6.07, 6.45) is 1.40. The molecule has 1 heterocycles. The van der Waals surface area contributed by atoms with Crippen LogP contribution in [0, 0.1) is 5.92 Å². The van der Waals surface area contributed by atoms with Gasteiger partial charge in [0.05, 0.1) is 0 Å². The normalized spacial score (nSPS) is 14.2. The van der Waals surface area contributed by atoms with Crippen molar-refractivity contribution in [2.24, 2.45) is 11.7 Å². The van der Waals surface area contributed by atoms with Gasteiger partial charge in [0, 0.05) is 13.5 Å². The molecule has 0 spiro atoms. The first kappa shape index (κ1) is 14.7. The summed E-state index contributed by atoms with van der Waals surface area (Å²) >= 11 is 0. The number of ether oxygens (including phenoxy) is 1. The van der Waals surface area contributed by atoms with Gasteiger partial charge in [-0.3, -0.25) is 0 Å². The maximum atomic E-state index is 5.60. The van der Waals surface area contributed by atoms with E-state index in [1.807, 2.05) is 30.3 Å². The number of nitrogens with two attached hydrogens (primary N) is 1. The van der Waals surface area contributed by atoms with E-state index in [1.165, 1.54) is 0 Å². The van der Waals surface area contributed by atoms with Crippen molar-refractivity contribution in [1.82, 2.24) is 10.1 Å². The predicted octanol–water partition coefficient (Wildman–Crippen LogP) is 2.33. The van der Waals surface area contributed by atoms with Crippen LogP contribution in [0.1, 0.15) is 36.7 Å². The fraction of sp³-hybridized carbons (Fsp3) is 0.467. The summed E-state index contributed by atoms with van der Waals surface area (Å²) in [5, 5.41) is 4.03. The van der Waals surface area contributed by atoms with Crippen molar-refractivity contribution in [3.8, 4) is 0 Å². The van der Waals surface area contributed by atoms with Crippen molar-refractivity contribution in [2.45, 2.75) is 25.9 Å². The highest BCUT2D eigenvalue weighted by molar-refractivity contribution is 5.22. The lowest BCUT2D eigenvalue weighted by Crippen LogP contribution is -2.11. The molecular formula is C15H21N3O2. The second-order valence-corrected chi connectivity index (χ2v) is 4.95. The lowest BCUT2D eigenvalue weighted by atomic mass is 10.1. The molecule has 0 bridgehead atoms. The monoisotopic (exact) mass is 275 g/mol. The molecule has 2 unspecified atom stereocenters. The van der Waals surface area contributed by atoms with E-state index in [1.54, 1.807) is 7.11 Å². The van der Waals surface area contributed by atoms with Gasteiger partial charge in [-0.1, -0.05) is 42.4 Å². The molecule has 0 amide bonds. The van der Waals surface area contributed by atoms with Crippen LogP contribution >= 0.6 is 0 Å². The van der Waals surface area contributed by atoms with Gasteiger partial charge < -0.3 is 15.0 Å². The van der Waals surface area contributed by atoms with E-state index in [0.717, 1.165) is 18.4 Å². The van der Waals surface area contributed by atoms with Crippen molar-refractivity contribution in [3.05, 3.63) is 47.6 Å². The quantitative estimate of drug-likeness (QED) is 0.839. The predicted molar refractivity (Wildman–Crippen MR) is 76.1 cm³/mol. The largest absolute Gasteiger partial charge is 0.369 e. The van der Waals surface area contributed by atoms with Crippen LogP contribution in [0.3, 0.4) is 0 Å². The molecular weight excluding hydrogens is 254 g/mol. The molecule has 2 N–H and O–H groups in total. The van der Waals surface area contributed by atoms with Gasteiger partial charge in [-0.15, -0.1) is 0 Å². The Bertz CT molecular complexity index is 513. The Kier molecular flexibility index (Phi) is 5.26. The highest BCUT2D eigenvalue weighted by Gasteiger charge is 2.19. The first-order valence-corrected chi connectivity index (χ1v) is 6.85. The number of aromatic nitrogens is 2. The molecule has 0 aliphatic carbocycles. The Balaban J connectivity index is 2.07. The van der Waals surface area contributed by atoms with Gasteiger partial charge in [0.2, 0.25) is 11.7 Å². The van der Waals surface area contributed by atoms with Crippen molar-refractivity contribution in [1.29, 1.82) is 0 Å². The van der Waals surface area contributed by atoms with E-state index < -0.39 is 0 Å². The van der Waals surface area contributed by atoms with Gasteiger partial charge in [-0.2, -0.15) is 4.98 Å². The minimum Gasteiger partial charge on any atom is -0.369 e. The number of methoxy groups -OCH3 is 1. The van der Waals surface area contributed by atoms with E-state index in [-0.39, 0.29) is 6.10 Å². The number of nitrogens with zero attached hydrogens (tertiary/aromatic N) is 2. The molecule has 0 saturated heterocycles. The van der Waals surface area contributed by atoms with Crippen molar-refractivity contribution in [3.63, 3.8) is 0 Å². The average molecular weight is 275 g/mol. The summed E-state index contributed by atoms with van der Waals surface area (Å²) in [5.41, 5.74) is 6.61. The first-order chi connectivity index (χ1) is 9.74. The van der Waals surface area contributed by atoms with Crippen LogP contribution in [0.2, 0.25) is 0 Å². The Morgan fingerprint density at radius 2 is 2.05 bits per heavy atom. The highest BCUT2D eigenvalue weighted by atomic mass is 16.5. The van der Waals surface area contributed by atoms with E-state index in [2.05, 4.69) is 17.1 Å². The molecule has 2 aromatic rings. The molecule has 0 aliphatic heterocycles. The SMILES string of the molecule is COC(c1ccccc1)c1noc(CCC(C)CN)n1. The van der Waals surface area contributed by atoms with Crippen LogP contribution < -0.4 is 5.73 Å². The van der Waals surface area contributed by atoms with Gasteiger partial charge in [-0.25, -0.2) is 0 Å². The lowest BCUT2D eigenvalue weighted by molar-refractivity contribution is 0.126. The third-order valence-corrected chi connectivity index (χ3v) is 3.31. The molecule has 0 saturated carbocycles. The van der Waals surface area contributed by atoms with Gasteiger partial charge in [0.25, 0.3) is 0 Å². The first-order valence-electron chi connectivity index (χ1n) is 6.85. The van der Waals surface area contributed by atoms with E-state index in [4.69, 9.17) is 15.0 Å². The minimum atomic E-state index is -0.291. The van der Waals surface area contributed by atoms with Crippen LogP contribution in [-0.2, 0) is 11.2 Å². The number of aryl methyl sites for hydroxylation is 1. The van der Waals surface area contributed by atoms with Crippen molar-refractivity contribution in [2.75, 3.05) is 13.7 Å². The van der Waals surface area contributed by atoms with Crippen LogP contribution in [-0.4, -0.2) is 23.8 Å². The number of rotatable bonds is 7. The van der Waals surface area contributed by atoms with E-state index in [0.29, 0.717) is 24.2 Å². The highest BCUT2D eigenvalue weighted by Crippen LogP contribution is 2.23. The summed E-state index contributed by atoms with van der Waals surface area (Å²) in [6, 6.07) is 9.87. The summed E-state index contributed by atoms with van der Waals surface area (Å²) in [7, 11) is 1.64. The molecule has 5 nitrogen and oxygen atoms in total. The van der Waals surface area contributed by atoms with Gasteiger partial charge in [-0.05, 0) is 24.4 Å². The number of hydrogen-bond donors (Lipinski definition) is 1. The van der Waals surface area contributed by atoms with Crippen LogP contribution in [0.5, 0.6) is 0 Å². The molecule has 0 fully saturated rings. The molecule has 2 atom stereocenters. The average Bonchev–Trinajstić information content (AvgIpc) is 2.95. The lowest BCUT2D eigenvalue weighted by Gasteiger charge is -2.10. The minimum absolute atomic E-state index is 0.291. The van der Waals surface area contributed by atoms with Gasteiger partial charge >= 0.3 is 0 Å². The summed E-state index contributed by atoms with van der Waals surface area (Å²) in [4.78, 5) is 4.42. The molecule has 2 rings (SSSR count). The molecule has 0 aliphatic rings. The summed E-state index contributed by atoms with van der Waals surface area (Å²) < 4.78 is 10.8. The van der Waals surface area contributed by atoms with Gasteiger partial charge in [0.1, 0.15) is 6.10 Å². The molecule has 20 heavy (non-hydrogen) atoms. The van der Waals surface area contributed by atoms with E-state index >= 15 is 0 Å². The second-order valence-electron chi connectivity index (χ2n) is 4.95. The zero-order chi connectivity index (χ0) is 14.4. The van der Waals surface area contributed by atoms with Crippen molar-refractivity contribution < 1.29 is 9.26 Å². The third-order valence-electron chi connectivity index (χ3n) is 3.31. The standard InChI is InChI=1S/C15H21N3O2/c1-11(10-16)8-9-13-17-15(18-20-13)14(19-2)12-6-4-3-5-7-12/h3-7,11,14H,8-10,16H2,1-2H3. The molecule has 1 aromatic heterocycles. The third kappa shape index (κ3) is 3.65. The van der Waals surface area contributed by atoms with Crippen LogP contribution in [0.4, 0.5) is 0 Å². The fourth-order valence-electron chi connectivity index (χ4n) is 1.98. The zero-order valence-corrected chi connectivity index (χ0v) is 12.0. The Hall–Kier alpha value is -1.72. The second kappa shape index (κ2) is 7.17. The Morgan fingerprint density at radius 1 is 1.30 bits per heavy atom. The Morgan fingerprint density at radius 3 is 2.70 bits per heavy atom. The number of hydrogen-bond acceptors (Lipinski definition) is 5. The molecule has 108 valence electrons. The summed E-state index contributed by atoms with van der Waals surface area (Å²) in [6.45, 7) is 2.78. The zero-order valence-electron chi connectivity index (χ0n) is 12.0. The maximum Gasteiger partial charge on any atom is 0.226 e.